The van der Waals surface area contributed by atoms with Crippen LogP contribution in [0.1, 0.15) is 51.7 Å². The van der Waals surface area contributed by atoms with Crippen LogP contribution in [0.15, 0.2) is 29.3 Å². The summed E-state index contributed by atoms with van der Waals surface area (Å²) in [7, 11) is 1.85. The number of nitrogens with zero attached hydrogens (tertiary/aromatic N) is 3. The first kappa shape index (κ1) is 23.0. The molecule has 0 bridgehead atoms. The monoisotopic (exact) mass is 415 g/mol. The summed E-state index contributed by atoms with van der Waals surface area (Å²) in [5, 5.41) is 7.08. The van der Waals surface area contributed by atoms with Crippen LogP contribution in [0.5, 0.6) is 0 Å². The summed E-state index contributed by atoms with van der Waals surface area (Å²) in [5.41, 5.74) is 2.64. The van der Waals surface area contributed by atoms with Gasteiger partial charge in [-0.3, -0.25) is 9.89 Å². The molecule has 2 atom stereocenters. The number of hydrogen-bond acceptors (Lipinski definition) is 4. The van der Waals surface area contributed by atoms with Crippen LogP contribution in [0.4, 0.5) is 0 Å². The van der Waals surface area contributed by atoms with Crippen LogP contribution in [0.3, 0.4) is 0 Å². The van der Waals surface area contributed by atoms with E-state index >= 15 is 0 Å². The van der Waals surface area contributed by atoms with Gasteiger partial charge in [0.05, 0.1) is 12.2 Å². The highest BCUT2D eigenvalue weighted by atomic mass is 16.5. The van der Waals surface area contributed by atoms with Gasteiger partial charge in [0.1, 0.15) is 0 Å². The third-order valence-corrected chi connectivity index (χ3v) is 6.21. The fourth-order valence-electron chi connectivity index (χ4n) is 4.57. The Kier molecular flexibility index (Phi) is 8.54. The highest BCUT2D eigenvalue weighted by Gasteiger charge is 2.22. The zero-order chi connectivity index (χ0) is 21.5. The lowest BCUT2D eigenvalue weighted by atomic mass is 10.0. The van der Waals surface area contributed by atoms with Crippen LogP contribution in [0.25, 0.3) is 0 Å². The first-order valence-corrected chi connectivity index (χ1v) is 11.6. The minimum Gasteiger partial charge on any atom is -0.373 e. The van der Waals surface area contributed by atoms with E-state index < -0.39 is 0 Å². The van der Waals surface area contributed by atoms with Crippen molar-refractivity contribution < 1.29 is 4.74 Å². The Hall–Kier alpha value is -1.63. The predicted octanol–water partition coefficient (Wildman–Crippen LogP) is 2.83. The average molecular weight is 416 g/mol. The Balaban J connectivity index is 1.42. The summed E-state index contributed by atoms with van der Waals surface area (Å²) in [5.74, 6) is 0.901. The highest BCUT2D eigenvalue weighted by Crippen LogP contribution is 2.15. The first-order valence-electron chi connectivity index (χ1n) is 11.6. The second-order valence-electron chi connectivity index (χ2n) is 9.24. The lowest BCUT2D eigenvalue weighted by Gasteiger charge is -2.35. The van der Waals surface area contributed by atoms with Gasteiger partial charge in [0.15, 0.2) is 5.96 Å². The summed E-state index contributed by atoms with van der Waals surface area (Å²) in [4.78, 5) is 9.46. The third kappa shape index (κ3) is 6.96. The molecule has 2 saturated heterocycles. The molecule has 2 aliphatic rings. The van der Waals surface area contributed by atoms with Crippen LogP contribution in [-0.2, 0) is 17.8 Å². The van der Waals surface area contributed by atoms with E-state index in [1.165, 1.54) is 24.0 Å². The van der Waals surface area contributed by atoms with Gasteiger partial charge in [0.25, 0.3) is 0 Å². The Morgan fingerprint density at radius 2 is 1.67 bits per heavy atom. The van der Waals surface area contributed by atoms with Crippen LogP contribution >= 0.6 is 0 Å². The summed E-state index contributed by atoms with van der Waals surface area (Å²) in [6.45, 7) is 15.0. The molecule has 0 radical (unpaired) electrons. The van der Waals surface area contributed by atoms with Gasteiger partial charge in [0.2, 0.25) is 0 Å². The number of rotatable bonds is 6. The van der Waals surface area contributed by atoms with Gasteiger partial charge in [-0.1, -0.05) is 24.3 Å². The molecule has 0 spiro atoms. The van der Waals surface area contributed by atoms with Gasteiger partial charge in [0, 0.05) is 58.4 Å². The maximum atomic E-state index is 5.84. The largest absolute Gasteiger partial charge is 0.373 e. The number of morpholine rings is 1. The normalized spacial score (nSPS) is 24.9. The smallest absolute Gasteiger partial charge is 0.191 e. The van der Waals surface area contributed by atoms with E-state index in [4.69, 9.17) is 4.74 Å². The molecule has 0 saturated carbocycles. The molecule has 0 aromatic heterocycles. The van der Waals surface area contributed by atoms with Gasteiger partial charge in [-0.2, -0.15) is 0 Å². The number of nitrogens with one attached hydrogen (secondary N) is 2. The van der Waals surface area contributed by atoms with Crippen molar-refractivity contribution in [1.82, 2.24) is 20.4 Å². The summed E-state index contributed by atoms with van der Waals surface area (Å²) in [6, 6.07) is 10.1. The molecule has 3 rings (SSSR count). The zero-order valence-electron chi connectivity index (χ0n) is 19.5. The maximum absolute atomic E-state index is 5.84. The van der Waals surface area contributed by atoms with Crippen molar-refractivity contribution in [3.05, 3.63) is 35.4 Å². The Labute approximate surface area is 183 Å². The summed E-state index contributed by atoms with van der Waals surface area (Å²) < 4.78 is 5.84. The highest BCUT2D eigenvalue weighted by molar-refractivity contribution is 5.79. The van der Waals surface area contributed by atoms with E-state index in [2.05, 4.69) is 77.4 Å². The predicted molar refractivity (Wildman–Crippen MR) is 125 cm³/mol. The number of likely N-dealkylation sites (tertiary alicyclic amines) is 1. The maximum Gasteiger partial charge on any atom is 0.191 e. The van der Waals surface area contributed by atoms with Crippen molar-refractivity contribution in [3.63, 3.8) is 0 Å². The molecule has 2 N–H and O–H groups in total. The van der Waals surface area contributed by atoms with Gasteiger partial charge >= 0.3 is 0 Å². The van der Waals surface area contributed by atoms with Crippen molar-refractivity contribution in [2.24, 2.45) is 4.99 Å². The molecular formula is C24H41N5O. The molecule has 1 aromatic carbocycles. The molecule has 2 unspecified atom stereocenters. The Morgan fingerprint density at radius 3 is 2.23 bits per heavy atom. The van der Waals surface area contributed by atoms with E-state index in [0.717, 1.165) is 45.2 Å². The molecule has 6 nitrogen and oxygen atoms in total. The molecule has 168 valence electrons. The quantitative estimate of drug-likeness (QED) is 0.553. The molecular weight excluding hydrogens is 374 g/mol. The van der Waals surface area contributed by atoms with Crippen molar-refractivity contribution in [2.45, 2.75) is 77.9 Å². The zero-order valence-corrected chi connectivity index (χ0v) is 19.5. The number of guanidine groups is 1. The Morgan fingerprint density at radius 1 is 1.07 bits per heavy atom. The van der Waals surface area contributed by atoms with E-state index in [9.17, 15) is 0 Å². The SMILES string of the molecule is CN=C(NCc1ccc(CN2CC(C)OC(C)C2)cc1)NC1CCN(C(C)C)CC1. The lowest BCUT2D eigenvalue weighted by Crippen LogP contribution is -2.49. The van der Waals surface area contributed by atoms with Gasteiger partial charge < -0.3 is 20.3 Å². The fourth-order valence-corrected chi connectivity index (χ4v) is 4.57. The van der Waals surface area contributed by atoms with E-state index in [0.29, 0.717) is 24.3 Å². The molecule has 30 heavy (non-hydrogen) atoms. The lowest BCUT2D eigenvalue weighted by molar-refractivity contribution is -0.0704. The van der Waals surface area contributed by atoms with Crippen LogP contribution in [0, 0.1) is 0 Å². The summed E-state index contributed by atoms with van der Waals surface area (Å²) in [6.07, 6.45) is 2.97. The second kappa shape index (κ2) is 11.1. The minimum atomic E-state index is 0.314. The van der Waals surface area contributed by atoms with Gasteiger partial charge in [-0.15, -0.1) is 0 Å². The third-order valence-electron chi connectivity index (χ3n) is 6.21. The standard InChI is InChI=1S/C24H41N5O/c1-18(2)29-12-10-23(11-13-29)27-24(25-5)26-14-21-6-8-22(9-7-21)17-28-15-19(3)30-20(4)16-28/h6-9,18-20,23H,10-17H2,1-5H3,(H2,25,26,27). The van der Waals surface area contributed by atoms with Gasteiger partial charge in [-0.05, 0) is 51.7 Å². The number of piperidine rings is 1. The van der Waals surface area contributed by atoms with Crippen LogP contribution < -0.4 is 10.6 Å². The van der Waals surface area contributed by atoms with E-state index in [1.807, 2.05) is 7.05 Å². The molecule has 6 heteroatoms. The molecule has 0 amide bonds. The van der Waals surface area contributed by atoms with E-state index in [1.54, 1.807) is 0 Å². The number of benzene rings is 1. The van der Waals surface area contributed by atoms with Crippen molar-refractivity contribution in [2.75, 3.05) is 33.2 Å². The molecule has 2 fully saturated rings. The first-order chi connectivity index (χ1) is 14.4. The molecule has 2 heterocycles. The molecule has 1 aromatic rings. The molecule has 0 aliphatic carbocycles. The second-order valence-corrected chi connectivity index (χ2v) is 9.24. The van der Waals surface area contributed by atoms with Crippen molar-refractivity contribution >= 4 is 5.96 Å². The number of hydrogen-bond donors (Lipinski definition) is 2. The fraction of sp³-hybridized carbons (Fsp3) is 0.708. The number of aliphatic imine (C=N–C) groups is 1. The van der Waals surface area contributed by atoms with E-state index in [-0.39, 0.29) is 0 Å². The van der Waals surface area contributed by atoms with Crippen LogP contribution in [-0.4, -0.2) is 73.3 Å². The Bertz CT molecular complexity index is 657. The topological polar surface area (TPSA) is 52.1 Å². The summed E-state index contributed by atoms with van der Waals surface area (Å²) >= 11 is 0. The number of ether oxygens (including phenoxy) is 1. The average Bonchev–Trinajstić information content (AvgIpc) is 2.71. The van der Waals surface area contributed by atoms with Crippen molar-refractivity contribution in [1.29, 1.82) is 0 Å². The minimum absolute atomic E-state index is 0.314. The van der Waals surface area contributed by atoms with Gasteiger partial charge in [-0.25, -0.2) is 0 Å². The van der Waals surface area contributed by atoms with Crippen molar-refractivity contribution in [3.8, 4) is 0 Å². The van der Waals surface area contributed by atoms with Crippen LogP contribution in [0.2, 0.25) is 0 Å². The molecule has 2 aliphatic heterocycles.